The van der Waals surface area contributed by atoms with Crippen molar-refractivity contribution in [1.82, 2.24) is 0 Å². The topological polar surface area (TPSA) is 157 Å². The minimum absolute atomic E-state index is 0.115. The summed E-state index contributed by atoms with van der Waals surface area (Å²) < 4.78 is 17.8. The second kappa shape index (κ2) is 14.7. The fraction of sp³-hybridized carbons (Fsp3) is 0.765. The summed E-state index contributed by atoms with van der Waals surface area (Å²) >= 11 is 0. The van der Waals surface area contributed by atoms with Crippen molar-refractivity contribution in [2.75, 3.05) is 0 Å². The van der Waals surface area contributed by atoms with Crippen LogP contribution in [0.5, 0.6) is 0 Å². The van der Waals surface area contributed by atoms with Gasteiger partial charge in [0.1, 0.15) is 17.8 Å². The van der Waals surface area contributed by atoms with Crippen LogP contribution in [0.15, 0.2) is 24.3 Å². The summed E-state index contributed by atoms with van der Waals surface area (Å²) in [6.07, 6.45) is -3.59. The molecular formula is C34H54O10. The van der Waals surface area contributed by atoms with Crippen molar-refractivity contribution in [2.24, 2.45) is 40.9 Å². The maximum absolute atomic E-state index is 13.9. The number of aliphatic hydroxyl groups excluding tert-OH is 2. The van der Waals surface area contributed by atoms with Crippen LogP contribution in [-0.2, 0) is 33.4 Å². The van der Waals surface area contributed by atoms with Crippen molar-refractivity contribution in [1.29, 1.82) is 0 Å². The molecular weight excluding hydrogens is 568 g/mol. The van der Waals surface area contributed by atoms with E-state index >= 15 is 0 Å². The van der Waals surface area contributed by atoms with Gasteiger partial charge < -0.3 is 29.5 Å². The van der Waals surface area contributed by atoms with Gasteiger partial charge in [-0.2, -0.15) is 0 Å². The van der Waals surface area contributed by atoms with E-state index in [0.717, 1.165) is 0 Å². The quantitative estimate of drug-likeness (QED) is 0.206. The number of fused-ring (bicyclic) bond motifs is 1. The fourth-order valence-corrected chi connectivity index (χ4v) is 5.75. The first-order valence-electron chi connectivity index (χ1n) is 15.9. The predicted molar refractivity (Wildman–Crippen MR) is 164 cm³/mol. The highest BCUT2D eigenvalue weighted by Gasteiger charge is 2.61. The maximum Gasteiger partial charge on any atom is 0.309 e. The van der Waals surface area contributed by atoms with E-state index < -0.39 is 101 Å². The number of carbonyl (C=O) groups excluding carboxylic acids is 4. The minimum atomic E-state index is -2.15. The number of hydrogen-bond acceptors (Lipinski definition) is 10. The van der Waals surface area contributed by atoms with Crippen LogP contribution in [0.3, 0.4) is 0 Å². The number of aliphatic hydroxyl groups is 3. The van der Waals surface area contributed by atoms with Crippen LogP contribution < -0.4 is 0 Å². The van der Waals surface area contributed by atoms with Crippen molar-refractivity contribution in [2.45, 2.75) is 125 Å². The number of rotatable bonds is 8. The molecule has 0 radical (unpaired) electrons. The third-order valence-corrected chi connectivity index (χ3v) is 9.46. The molecule has 2 aliphatic rings. The summed E-state index contributed by atoms with van der Waals surface area (Å²) in [5.41, 5.74) is -3.43. The van der Waals surface area contributed by atoms with Crippen LogP contribution >= 0.6 is 0 Å². The Morgan fingerprint density at radius 3 is 1.91 bits per heavy atom. The Bertz CT molecular complexity index is 1110. The molecule has 0 saturated heterocycles. The normalized spacial score (nSPS) is 36.3. The molecule has 2 rings (SSSR count). The Hall–Kier alpha value is -2.56. The number of ether oxygens (including phenoxy) is 3. The molecule has 1 fully saturated rings. The van der Waals surface area contributed by atoms with E-state index in [1.165, 1.54) is 0 Å². The molecule has 250 valence electrons. The Morgan fingerprint density at radius 1 is 0.932 bits per heavy atom. The average Bonchev–Trinajstić information content (AvgIpc) is 3.20. The zero-order chi connectivity index (χ0) is 33.9. The zero-order valence-corrected chi connectivity index (χ0v) is 28.0. The van der Waals surface area contributed by atoms with Gasteiger partial charge in [0.15, 0.2) is 18.0 Å². The summed E-state index contributed by atoms with van der Waals surface area (Å²) in [7, 11) is 0. The summed E-state index contributed by atoms with van der Waals surface area (Å²) in [4.78, 5) is 53.6. The van der Waals surface area contributed by atoms with Crippen LogP contribution in [0.4, 0.5) is 0 Å². The molecule has 0 aromatic rings. The number of carbonyl (C=O) groups is 4. The molecule has 0 aromatic carbocycles. The van der Waals surface area contributed by atoms with Gasteiger partial charge >= 0.3 is 17.9 Å². The highest BCUT2D eigenvalue weighted by molar-refractivity contribution is 5.91. The van der Waals surface area contributed by atoms with E-state index in [1.54, 1.807) is 81.4 Å². The van der Waals surface area contributed by atoms with E-state index in [1.807, 2.05) is 0 Å². The van der Waals surface area contributed by atoms with E-state index in [2.05, 4.69) is 6.58 Å². The molecule has 3 N–H and O–H groups in total. The third-order valence-electron chi connectivity index (χ3n) is 9.46. The monoisotopic (exact) mass is 622 g/mol. The summed E-state index contributed by atoms with van der Waals surface area (Å²) in [5, 5.41) is 35.4. The first-order valence-corrected chi connectivity index (χ1v) is 15.9. The molecule has 2 unspecified atom stereocenters. The smallest absolute Gasteiger partial charge is 0.309 e. The number of allylic oxidation sites excluding steroid dienone is 1. The van der Waals surface area contributed by atoms with Gasteiger partial charge in [0, 0.05) is 16.9 Å². The standard InChI is InChI=1S/C34H54O10/c1-12-18(5)31(39)42-25-22(9)26(43-32(40)19(6)13-2)27(44-30(38)17(3)4)29(37)33(10,11)15-14-20(7)28(36)34(41)16-21(8)24(35)23(25)34/h14-15,17-21,23-27,29,35,37,41H,9,12-13,16H2,1-8,10-11H3/b15-14-/t18?,19?,20-,21-,23+,24-,25-,26-,27+,29+,34+/m0/s1. The van der Waals surface area contributed by atoms with Crippen LogP contribution in [0.25, 0.3) is 0 Å². The third kappa shape index (κ3) is 7.80. The molecule has 10 nitrogen and oxygen atoms in total. The van der Waals surface area contributed by atoms with Crippen molar-refractivity contribution in [3.05, 3.63) is 24.3 Å². The van der Waals surface area contributed by atoms with Crippen LogP contribution in [-0.4, -0.2) is 75.1 Å². The summed E-state index contributed by atoms with van der Waals surface area (Å²) in [5.74, 6) is -7.25. The van der Waals surface area contributed by atoms with Gasteiger partial charge in [0.05, 0.1) is 29.8 Å². The lowest BCUT2D eigenvalue weighted by Gasteiger charge is -2.43. The molecule has 44 heavy (non-hydrogen) atoms. The molecule has 2 aliphatic carbocycles. The molecule has 0 heterocycles. The van der Waals surface area contributed by atoms with Crippen molar-refractivity contribution in [3.63, 3.8) is 0 Å². The Morgan fingerprint density at radius 2 is 1.43 bits per heavy atom. The highest BCUT2D eigenvalue weighted by atomic mass is 16.6. The van der Waals surface area contributed by atoms with Gasteiger partial charge in [-0.3, -0.25) is 19.2 Å². The lowest BCUT2D eigenvalue weighted by Crippen LogP contribution is -2.57. The fourth-order valence-electron chi connectivity index (χ4n) is 5.75. The van der Waals surface area contributed by atoms with Gasteiger partial charge in [0.25, 0.3) is 0 Å². The number of ketones is 1. The Kier molecular flexibility index (Phi) is 12.6. The first-order chi connectivity index (χ1) is 20.2. The van der Waals surface area contributed by atoms with Gasteiger partial charge in [-0.25, -0.2) is 0 Å². The maximum atomic E-state index is 13.9. The van der Waals surface area contributed by atoms with E-state index in [9.17, 15) is 34.5 Å². The molecule has 0 spiro atoms. The molecule has 11 atom stereocenters. The predicted octanol–water partition coefficient (Wildman–Crippen LogP) is 3.94. The zero-order valence-electron chi connectivity index (χ0n) is 28.0. The summed E-state index contributed by atoms with van der Waals surface area (Å²) in [6.45, 7) is 20.9. The van der Waals surface area contributed by atoms with E-state index in [4.69, 9.17) is 14.2 Å². The second-order valence-corrected chi connectivity index (χ2v) is 13.9. The van der Waals surface area contributed by atoms with Gasteiger partial charge in [0.2, 0.25) is 0 Å². The molecule has 0 aromatic heterocycles. The average molecular weight is 623 g/mol. The summed E-state index contributed by atoms with van der Waals surface area (Å²) in [6, 6.07) is 0. The SMILES string of the molecule is C=C1[C@H](OC(=O)C(C)CC)[C@@H](OC(=O)C(C)C)[C@@H](O)C(C)(C)/C=C\[C@H](C)C(=O)[C@@]2(O)C[C@H](C)[C@H](O)[C@@H]2[C@H]1OC(=O)C(C)CC. The van der Waals surface area contributed by atoms with Crippen LogP contribution in [0.2, 0.25) is 0 Å². The number of esters is 3. The van der Waals surface area contributed by atoms with Gasteiger partial charge in [-0.15, -0.1) is 0 Å². The molecule has 0 aliphatic heterocycles. The van der Waals surface area contributed by atoms with Crippen LogP contribution in [0, 0.1) is 40.9 Å². The largest absolute Gasteiger partial charge is 0.457 e. The number of Topliss-reactive ketones (excluding diaryl/α,β-unsaturated/α-hetero) is 1. The van der Waals surface area contributed by atoms with Gasteiger partial charge in [-0.1, -0.05) is 88.0 Å². The van der Waals surface area contributed by atoms with Crippen molar-refractivity contribution >= 4 is 23.7 Å². The Labute approximate surface area is 262 Å². The van der Waals surface area contributed by atoms with Crippen LogP contribution in [0.1, 0.15) is 88.5 Å². The van der Waals surface area contributed by atoms with Crippen molar-refractivity contribution < 1.29 is 48.7 Å². The molecule has 10 heteroatoms. The van der Waals surface area contributed by atoms with E-state index in [0.29, 0.717) is 12.8 Å². The van der Waals surface area contributed by atoms with Gasteiger partial charge in [-0.05, 0) is 25.2 Å². The second-order valence-electron chi connectivity index (χ2n) is 13.9. The van der Waals surface area contributed by atoms with Crippen molar-refractivity contribution in [3.8, 4) is 0 Å². The van der Waals surface area contributed by atoms with E-state index in [-0.39, 0.29) is 12.0 Å². The lowest BCUT2D eigenvalue weighted by molar-refractivity contribution is -0.188. The first kappa shape index (κ1) is 37.6. The minimum Gasteiger partial charge on any atom is -0.457 e. The number of hydrogen-bond donors (Lipinski definition) is 3. The highest BCUT2D eigenvalue weighted by Crippen LogP contribution is 2.48. The molecule has 0 amide bonds. The molecule has 0 bridgehead atoms. The lowest BCUT2D eigenvalue weighted by atomic mass is 9.72. The molecule has 1 saturated carbocycles. The Balaban J connectivity index is 2.97.